The van der Waals surface area contributed by atoms with E-state index in [9.17, 15) is 9.18 Å². The Bertz CT molecular complexity index is 634. The van der Waals surface area contributed by atoms with Crippen LogP contribution in [0.5, 0.6) is 0 Å². The smallest absolute Gasteiger partial charge is 0.274 e. The maximum atomic E-state index is 12.9. The predicted octanol–water partition coefficient (Wildman–Crippen LogP) is 2.75. The number of rotatable bonds is 4. The first-order chi connectivity index (χ1) is 9.90. The highest BCUT2D eigenvalue weighted by molar-refractivity contribution is 5.97. The van der Waals surface area contributed by atoms with Crippen LogP contribution in [0.25, 0.3) is 0 Å². The van der Waals surface area contributed by atoms with Crippen LogP contribution in [0.3, 0.4) is 0 Å². The molecule has 0 aliphatic carbocycles. The van der Waals surface area contributed by atoms with E-state index in [1.54, 1.807) is 12.1 Å². The Kier molecular flexibility index (Phi) is 4.26. The van der Waals surface area contributed by atoms with E-state index in [2.05, 4.69) is 15.5 Å². The van der Waals surface area contributed by atoms with E-state index in [0.717, 1.165) is 11.3 Å². The van der Waals surface area contributed by atoms with Crippen molar-refractivity contribution >= 4 is 11.6 Å². The second-order valence-corrected chi connectivity index (χ2v) is 5.30. The fourth-order valence-electron chi connectivity index (χ4n) is 2.08. The van der Waals surface area contributed by atoms with Crippen LogP contribution < -0.4 is 11.1 Å². The number of halogens is 1. The van der Waals surface area contributed by atoms with Crippen molar-refractivity contribution in [2.75, 3.05) is 5.73 Å². The molecule has 1 unspecified atom stereocenters. The molecule has 0 saturated carbocycles. The Morgan fingerprint density at radius 2 is 1.90 bits per heavy atom. The third kappa shape index (κ3) is 3.21. The van der Waals surface area contributed by atoms with Gasteiger partial charge in [-0.25, -0.2) is 4.39 Å². The molecular formula is C15H19FN4O. The second-order valence-electron chi connectivity index (χ2n) is 5.30. The molecule has 0 spiro atoms. The second kappa shape index (κ2) is 5.95. The zero-order chi connectivity index (χ0) is 15.6. The number of anilines is 1. The number of benzene rings is 1. The van der Waals surface area contributed by atoms with Gasteiger partial charge in [0.1, 0.15) is 5.82 Å². The van der Waals surface area contributed by atoms with E-state index in [-0.39, 0.29) is 29.4 Å². The summed E-state index contributed by atoms with van der Waals surface area (Å²) in [6, 6.07) is 5.72. The maximum absolute atomic E-state index is 12.9. The molecule has 2 rings (SSSR count). The molecule has 0 aliphatic rings. The highest BCUT2D eigenvalue weighted by Crippen LogP contribution is 2.22. The van der Waals surface area contributed by atoms with E-state index < -0.39 is 0 Å². The van der Waals surface area contributed by atoms with Gasteiger partial charge < -0.3 is 11.1 Å². The number of nitrogen functional groups attached to an aromatic ring is 1. The van der Waals surface area contributed by atoms with Gasteiger partial charge in [-0.1, -0.05) is 26.0 Å². The van der Waals surface area contributed by atoms with Crippen LogP contribution in [-0.2, 0) is 0 Å². The zero-order valence-corrected chi connectivity index (χ0v) is 12.3. The Balaban J connectivity index is 2.12. The lowest BCUT2D eigenvalue weighted by Gasteiger charge is -2.13. The van der Waals surface area contributed by atoms with Gasteiger partial charge in [-0.05, 0) is 30.5 Å². The van der Waals surface area contributed by atoms with E-state index in [1.165, 1.54) is 12.1 Å². The van der Waals surface area contributed by atoms with Crippen LogP contribution in [0.4, 0.5) is 10.1 Å². The average Bonchev–Trinajstić information content (AvgIpc) is 2.81. The van der Waals surface area contributed by atoms with Crippen molar-refractivity contribution in [3.8, 4) is 0 Å². The third-order valence-electron chi connectivity index (χ3n) is 3.34. The molecular weight excluding hydrogens is 271 g/mol. The lowest BCUT2D eigenvalue weighted by Crippen LogP contribution is -2.27. The maximum Gasteiger partial charge on any atom is 0.274 e. The molecule has 0 fully saturated rings. The van der Waals surface area contributed by atoms with Gasteiger partial charge in [0.15, 0.2) is 5.69 Å². The third-order valence-corrected chi connectivity index (χ3v) is 3.34. The van der Waals surface area contributed by atoms with Crippen molar-refractivity contribution < 1.29 is 9.18 Å². The number of aromatic amines is 1. The van der Waals surface area contributed by atoms with E-state index in [4.69, 9.17) is 5.73 Å². The molecule has 0 bridgehead atoms. The minimum absolute atomic E-state index is 0.161. The number of hydrogen-bond donors (Lipinski definition) is 3. The number of carbonyl (C=O) groups is 1. The molecule has 2 aromatic rings. The lowest BCUT2D eigenvalue weighted by molar-refractivity contribution is 0.0935. The van der Waals surface area contributed by atoms with Gasteiger partial charge in [0.2, 0.25) is 0 Å². The van der Waals surface area contributed by atoms with Crippen LogP contribution in [0, 0.1) is 5.82 Å². The van der Waals surface area contributed by atoms with Crippen molar-refractivity contribution in [2.45, 2.75) is 32.7 Å². The van der Waals surface area contributed by atoms with Gasteiger partial charge in [-0.3, -0.25) is 9.89 Å². The monoisotopic (exact) mass is 290 g/mol. The number of carbonyl (C=O) groups excluding carboxylic acids is 1. The number of nitrogens with zero attached hydrogens (tertiary/aromatic N) is 1. The van der Waals surface area contributed by atoms with Crippen LogP contribution in [0.2, 0.25) is 0 Å². The summed E-state index contributed by atoms with van der Waals surface area (Å²) in [4.78, 5) is 12.2. The van der Waals surface area contributed by atoms with Gasteiger partial charge >= 0.3 is 0 Å². The topological polar surface area (TPSA) is 83.8 Å². The normalized spacial score (nSPS) is 12.4. The number of nitrogens with two attached hydrogens (primary N) is 1. The average molecular weight is 290 g/mol. The van der Waals surface area contributed by atoms with Crippen molar-refractivity contribution in [3.63, 3.8) is 0 Å². The summed E-state index contributed by atoms with van der Waals surface area (Å²) in [5.74, 6) is -0.503. The number of aromatic nitrogens is 2. The molecule has 1 heterocycles. The SMILES string of the molecule is CC(C)c1[nH]nc(C(=O)NC(C)c2ccc(F)cc2)c1N. The van der Waals surface area contributed by atoms with E-state index in [0.29, 0.717) is 5.69 Å². The van der Waals surface area contributed by atoms with Crippen molar-refractivity contribution in [3.05, 3.63) is 47.0 Å². The molecule has 112 valence electrons. The number of nitrogens with one attached hydrogen (secondary N) is 2. The molecule has 5 nitrogen and oxygen atoms in total. The fraction of sp³-hybridized carbons (Fsp3) is 0.333. The quantitative estimate of drug-likeness (QED) is 0.809. The van der Waals surface area contributed by atoms with Crippen molar-refractivity contribution in [1.29, 1.82) is 0 Å². The van der Waals surface area contributed by atoms with Crippen LogP contribution >= 0.6 is 0 Å². The van der Waals surface area contributed by atoms with Gasteiger partial charge in [0.05, 0.1) is 17.4 Å². The van der Waals surface area contributed by atoms with Crippen LogP contribution in [0.15, 0.2) is 24.3 Å². The summed E-state index contributed by atoms with van der Waals surface area (Å²) in [5.41, 5.74) is 8.05. The molecule has 0 saturated heterocycles. The Morgan fingerprint density at radius 1 is 1.29 bits per heavy atom. The molecule has 0 radical (unpaired) electrons. The Morgan fingerprint density at radius 3 is 2.43 bits per heavy atom. The first-order valence-electron chi connectivity index (χ1n) is 6.80. The first-order valence-corrected chi connectivity index (χ1v) is 6.80. The van der Waals surface area contributed by atoms with E-state index >= 15 is 0 Å². The predicted molar refractivity (Wildman–Crippen MR) is 79.4 cm³/mol. The standard InChI is InChI=1S/C15H19FN4O/c1-8(2)13-12(17)14(20-19-13)15(21)18-9(3)10-4-6-11(16)7-5-10/h4-9H,17H2,1-3H3,(H,18,21)(H,19,20). The van der Waals surface area contributed by atoms with Gasteiger partial charge in [0.25, 0.3) is 5.91 Å². The Labute approximate surface area is 122 Å². The largest absolute Gasteiger partial charge is 0.395 e. The summed E-state index contributed by atoms with van der Waals surface area (Å²) in [6.45, 7) is 5.75. The molecule has 21 heavy (non-hydrogen) atoms. The molecule has 1 aromatic carbocycles. The number of hydrogen-bond acceptors (Lipinski definition) is 3. The minimum Gasteiger partial charge on any atom is -0.395 e. The van der Waals surface area contributed by atoms with Gasteiger partial charge in [0, 0.05) is 0 Å². The molecule has 0 aliphatic heterocycles. The van der Waals surface area contributed by atoms with Gasteiger partial charge in [-0.2, -0.15) is 5.10 Å². The highest BCUT2D eigenvalue weighted by Gasteiger charge is 2.20. The molecule has 4 N–H and O–H groups in total. The Hall–Kier alpha value is -2.37. The fourth-order valence-corrected chi connectivity index (χ4v) is 2.08. The first kappa shape index (κ1) is 15.0. The summed E-state index contributed by atoms with van der Waals surface area (Å²) >= 11 is 0. The minimum atomic E-state index is -0.354. The highest BCUT2D eigenvalue weighted by atomic mass is 19.1. The molecule has 1 atom stereocenters. The summed E-state index contributed by atoms with van der Waals surface area (Å²) in [5, 5.41) is 9.57. The molecule has 1 amide bonds. The zero-order valence-electron chi connectivity index (χ0n) is 12.3. The lowest BCUT2D eigenvalue weighted by atomic mass is 10.1. The van der Waals surface area contributed by atoms with E-state index in [1.807, 2.05) is 20.8 Å². The van der Waals surface area contributed by atoms with Crippen LogP contribution in [0.1, 0.15) is 54.5 Å². The van der Waals surface area contributed by atoms with Crippen molar-refractivity contribution in [2.24, 2.45) is 0 Å². The summed E-state index contributed by atoms with van der Waals surface area (Å²) < 4.78 is 12.9. The van der Waals surface area contributed by atoms with Gasteiger partial charge in [-0.15, -0.1) is 0 Å². The van der Waals surface area contributed by atoms with Crippen LogP contribution in [-0.4, -0.2) is 16.1 Å². The number of H-pyrrole nitrogens is 1. The summed E-state index contributed by atoms with van der Waals surface area (Å²) in [7, 11) is 0. The van der Waals surface area contributed by atoms with Crippen molar-refractivity contribution in [1.82, 2.24) is 15.5 Å². The summed E-state index contributed by atoms with van der Waals surface area (Å²) in [6.07, 6.45) is 0. The molecule has 1 aromatic heterocycles. The number of amides is 1. The molecule has 6 heteroatoms.